The molecule has 4 nitrogen and oxygen atoms in total. The maximum atomic E-state index is 12.1. The second-order valence-electron chi connectivity index (χ2n) is 5.87. The third-order valence-electron chi connectivity index (χ3n) is 3.85. The summed E-state index contributed by atoms with van der Waals surface area (Å²) in [5.74, 6) is 0.815. The number of benzene rings is 3. The topological polar surface area (TPSA) is 44.8 Å². The van der Waals surface area contributed by atoms with E-state index in [4.69, 9.17) is 25.8 Å². The van der Waals surface area contributed by atoms with E-state index in [0.717, 1.165) is 11.1 Å². The van der Waals surface area contributed by atoms with Gasteiger partial charge in [0.1, 0.15) is 5.75 Å². The fraction of sp³-hybridized carbons (Fsp3) is 0.0870. The Hall–Kier alpha value is -3.24. The molecule has 142 valence electrons. The molecule has 0 radical (unpaired) electrons. The molecule has 0 saturated heterocycles. The van der Waals surface area contributed by atoms with Crippen LogP contribution in [0.2, 0.25) is 5.02 Å². The molecule has 28 heavy (non-hydrogen) atoms. The molecule has 0 atom stereocenters. The van der Waals surface area contributed by atoms with Gasteiger partial charge in [0.05, 0.1) is 7.11 Å². The van der Waals surface area contributed by atoms with E-state index in [-0.39, 0.29) is 6.61 Å². The maximum Gasteiger partial charge on any atom is 0.349 e. The molecule has 0 spiro atoms. The highest BCUT2D eigenvalue weighted by Crippen LogP contribution is 2.29. The van der Waals surface area contributed by atoms with E-state index in [1.165, 1.54) is 7.11 Å². The Morgan fingerprint density at radius 2 is 1.61 bits per heavy atom. The summed E-state index contributed by atoms with van der Waals surface area (Å²) in [7, 11) is 1.53. The van der Waals surface area contributed by atoms with Gasteiger partial charge in [0, 0.05) is 5.02 Å². The number of halogens is 1. The van der Waals surface area contributed by atoms with E-state index >= 15 is 0 Å². The van der Waals surface area contributed by atoms with E-state index in [2.05, 4.69) is 0 Å². The number of methoxy groups -OCH3 is 1. The zero-order valence-electron chi connectivity index (χ0n) is 15.3. The molecule has 3 aromatic carbocycles. The van der Waals surface area contributed by atoms with Crippen LogP contribution in [0.5, 0.6) is 17.2 Å². The number of carbonyl (C=O) groups excluding carboxylic acids is 1. The van der Waals surface area contributed by atoms with Gasteiger partial charge in [-0.2, -0.15) is 0 Å². The standard InChI is InChI=1S/C23H19ClO4/c1-26-22-15-18(8-7-17-5-3-2-4-6-17)9-14-21(22)28-23(25)16-27-20-12-10-19(24)11-13-20/h2-15H,16H2,1H3. The average molecular weight is 395 g/mol. The van der Waals surface area contributed by atoms with Gasteiger partial charge in [0.15, 0.2) is 18.1 Å². The van der Waals surface area contributed by atoms with Crippen molar-refractivity contribution in [2.45, 2.75) is 0 Å². The van der Waals surface area contributed by atoms with Crippen molar-refractivity contribution in [3.05, 3.63) is 88.9 Å². The number of hydrogen-bond acceptors (Lipinski definition) is 4. The summed E-state index contributed by atoms with van der Waals surface area (Å²) < 4.78 is 16.1. The van der Waals surface area contributed by atoms with Crippen molar-refractivity contribution in [2.75, 3.05) is 13.7 Å². The Morgan fingerprint density at radius 3 is 2.32 bits per heavy atom. The number of ether oxygens (including phenoxy) is 3. The molecular weight excluding hydrogens is 376 g/mol. The van der Waals surface area contributed by atoms with Crippen LogP contribution in [0.3, 0.4) is 0 Å². The average Bonchev–Trinajstić information content (AvgIpc) is 2.73. The normalized spacial score (nSPS) is 10.6. The number of hydrogen-bond donors (Lipinski definition) is 0. The molecular formula is C23H19ClO4. The number of esters is 1. The van der Waals surface area contributed by atoms with Crippen molar-refractivity contribution in [3.63, 3.8) is 0 Å². The monoisotopic (exact) mass is 394 g/mol. The summed E-state index contributed by atoms with van der Waals surface area (Å²) in [5, 5.41) is 0.598. The first-order valence-corrected chi connectivity index (χ1v) is 9.02. The van der Waals surface area contributed by atoms with Crippen molar-refractivity contribution >= 4 is 29.7 Å². The minimum atomic E-state index is -0.527. The first kappa shape index (κ1) is 19.5. The minimum Gasteiger partial charge on any atom is -0.493 e. The van der Waals surface area contributed by atoms with Crippen LogP contribution >= 0.6 is 11.6 Å². The zero-order chi connectivity index (χ0) is 19.8. The lowest BCUT2D eigenvalue weighted by Gasteiger charge is -2.11. The molecule has 3 rings (SSSR count). The van der Waals surface area contributed by atoms with E-state index in [1.807, 2.05) is 54.6 Å². The Labute approximate surface area is 168 Å². The van der Waals surface area contributed by atoms with Crippen LogP contribution in [0.15, 0.2) is 72.8 Å². The summed E-state index contributed by atoms with van der Waals surface area (Å²) in [6.07, 6.45) is 3.97. The molecule has 0 fully saturated rings. The molecule has 5 heteroatoms. The highest BCUT2D eigenvalue weighted by Gasteiger charge is 2.11. The highest BCUT2D eigenvalue weighted by atomic mass is 35.5. The quantitative estimate of drug-likeness (QED) is 0.301. The first-order chi connectivity index (χ1) is 13.6. The first-order valence-electron chi connectivity index (χ1n) is 8.64. The van der Waals surface area contributed by atoms with Crippen LogP contribution in [0.1, 0.15) is 11.1 Å². The summed E-state index contributed by atoms with van der Waals surface area (Å²) >= 11 is 5.82. The molecule has 0 aliphatic carbocycles. The van der Waals surface area contributed by atoms with Crippen LogP contribution < -0.4 is 14.2 Å². The smallest absolute Gasteiger partial charge is 0.349 e. The Kier molecular flexibility index (Phi) is 6.71. The maximum absolute atomic E-state index is 12.1. The second-order valence-corrected chi connectivity index (χ2v) is 6.31. The molecule has 0 saturated carbocycles. The molecule has 0 aliphatic rings. The van der Waals surface area contributed by atoms with Gasteiger partial charge >= 0.3 is 5.97 Å². The summed E-state index contributed by atoms with van der Waals surface area (Å²) in [6, 6.07) is 22.1. The van der Waals surface area contributed by atoms with Crippen LogP contribution in [0, 0.1) is 0 Å². The lowest BCUT2D eigenvalue weighted by Crippen LogP contribution is -2.18. The number of rotatable bonds is 7. The molecule has 3 aromatic rings. The van der Waals surface area contributed by atoms with Gasteiger partial charge in [0.2, 0.25) is 0 Å². The molecule has 0 heterocycles. The second kappa shape index (κ2) is 9.62. The lowest BCUT2D eigenvalue weighted by atomic mass is 10.1. The van der Waals surface area contributed by atoms with Gasteiger partial charge in [-0.25, -0.2) is 4.79 Å². The third kappa shape index (κ3) is 5.63. The summed E-state index contributed by atoms with van der Waals surface area (Å²) in [4.78, 5) is 12.1. The molecule has 0 aromatic heterocycles. The molecule has 0 bridgehead atoms. The minimum absolute atomic E-state index is 0.222. The van der Waals surface area contributed by atoms with Crippen LogP contribution in [-0.2, 0) is 4.79 Å². The fourth-order valence-corrected chi connectivity index (χ4v) is 2.58. The van der Waals surface area contributed by atoms with Crippen molar-refractivity contribution in [1.82, 2.24) is 0 Å². The van der Waals surface area contributed by atoms with E-state index in [1.54, 1.807) is 30.3 Å². The SMILES string of the molecule is COc1cc(C=Cc2ccccc2)ccc1OC(=O)COc1ccc(Cl)cc1. The van der Waals surface area contributed by atoms with Crippen LogP contribution in [-0.4, -0.2) is 19.7 Å². The van der Waals surface area contributed by atoms with E-state index in [0.29, 0.717) is 22.3 Å². The van der Waals surface area contributed by atoms with Crippen molar-refractivity contribution in [3.8, 4) is 17.2 Å². The Morgan fingerprint density at radius 1 is 0.893 bits per heavy atom. The van der Waals surface area contributed by atoms with Gasteiger partial charge < -0.3 is 14.2 Å². The van der Waals surface area contributed by atoms with Crippen molar-refractivity contribution < 1.29 is 19.0 Å². The van der Waals surface area contributed by atoms with Gasteiger partial charge in [-0.3, -0.25) is 0 Å². The predicted octanol–water partition coefficient (Wildman–Crippen LogP) is 5.50. The molecule has 0 unspecified atom stereocenters. The van der Waals surface area contributed by atoms with Crippen molar-refractivity contribution in [2.24, 2.45) is 0 Å². The van der Waals surface area contributed by atoms with Gasteiger partial charge in [-0.1, -0.05) is 60.2 Å². The summed E-state index contributed by atoms with van der Waals surface area (Å²) in [6.45, 7) is -0.222. The van der Waals surface area contributed by atoms with Crippen molar-refractivity contribution in [1.29, 1.82) is 0 Å². The third-order valence-corrected chi connectivity index (χ3v) is 4.10. The zero-order valence-corrected chi connectivity index (χ0v) is 16.1. The number of carbonyl (C=O) groups is 1. The predicted molar refractivity (Wildman–Crippen MR) is 111 cm³/mol. The van der Waals surface area contributed by atoms with E-state index in [9.17, 15) is 4.79 Å². The van der Waals surface area contributed by atoms with Gasteiger partial charge in [-0.15, -0.1) is 0 Å². The fourth-order valence-electron chi connectivity index (χ4n) is 2.45. The van der Waals surface area contributed by atoms with Crippen LogP contribution in [0.4, 0.5) is 0 Å². The lowest BCUT2D eigenvalue weighted by molar-refractivity contribution is -0.136. The van der Waals surface area contributed by atoms with Crippen LogP contribution in [0.25, 0.3) is 12.2 Å². The largest absolute Gasteiger partial charge is 0.493 e. The van der Waals surface area contributed by atoms with E-state index < -0.39 is 5.97 Å². The Balaban J connectivity index is 1.62. The molecule has 0 aliphatic heterocycles. The summed E-state index contributed by atoms with van der Waals surface area (Å²) in [5.41, 5.74) is 2.02. The highest BCUT2D eigenvalue weighted by molar-refractivity contribution is 6.30. The van der Waals surface area contributed by atoms with Gasteiger partial charge in [-0.05, 0) is 47.5 Å². The molecule has 0 N–H and O–H groups in total. The molecule has 0 amide bonds. The Bertz CT molecular complexity index is 950. The van der Waals surface area contributed by atoms with Gasteiger partial charge in [0.25, 0.3) is 0 Å².